The van der Waals surface area contributed by atoms with Crippen molar-refractivity contribution in [2.45, 2.75) is 142 Å². The van der Waals surface area contributed by atoms with Gasteiger partial charge in [-0.1, -0.05) is 0 Å². The molecular formula is C26H30F28O3Sn2. The van der Waals surface area contributed by atoms with Gasteiger partial charge in [0.25, 0.3) is 0 Å². The van der Waals surface area contributed by atoms with Crippen LogP contribution in [0, 0.1) is 0 Å². The van der Waals surface area contributed by atoms with Crippen molar-refractivity contribution in [3.63, 3.8) is 0 Å². The third-order valence-electron chi connectivity index (χ3n) is 7.57. The van der Waals surface area contributed by atoms with Gasteiger partial charge in [-0.2, -0.15) is 0 Å². The molecular weight excluding hydrogens is 1130 g/mol. The van der Waals surface area contributed by atoms with Gasteiger partial charge in [0.1, 0.15) is 0 Å². The molecule has 0 aliphatic rings. The van der Waals surface area contributed by atoms with E-state index in [0.29, 0.717) is 0 Å². The summed E-state index contributed by atoms with van der Waals surface area (Å²) in [5.41, 5.74) is 0. The van der Waals surface area contributed by atoms with Crippen LogP contribution in [0.1, 0.15) is 78.1 Å². The molecule has 0 saturated carbocycles. The fourth-order valence-electron chi connectivity index (χ4n) is 4.82. The van der Waals surface area contributed by atoms with Crippen molar-refractivity contribution in [2.24, 2.45) is 0 Å². The van der Waals surface area contributed by atoms with E-state index >= 15 is 70.2 Å². The summed E-state index contributed by atoms with van der Waals surface area (Å²) in [6, 6.07) is 0. The first-order valence-electron chi connectivity index (χ1n) is 15.9. The zero-order chi connectivity index (χ0) is 47.6. The summed E-state index contributed by atoms with van der Waals surface area (Å²) in [5.74, 6) is -31.4. The van der Waals surface area contributed by atoms with E-state index in [-0.39, 0.29) is 0 Å². The van der Waals surface area contributed by atoms with Crippen LogP contribution in [-0.4, -0.2) is 116 Å². The Labute approximate surface area is 323 Å². The Hall–Kier alpha value is -0.483. The molecule has 59 heavy (non-hydrogen) atoms. The van der Waals surface area contributed by atoms with Crippen LogP contribution in [0.4, 0.5) is 123 Å². The molecule has 0 amide bonds. The van der Waals surface area contributed by atoms with Crippen LogP contribution in [0.5, 0.6) is 0 Å². The number of rotatable bonds is 24. The summed E-state index contributed by atoms with van der Waals surface area (Å²) < 4.78 is 384. The predicted molar refractivity (Wildman–Crippen MR) is 146 cm³/mol. The van der Waals surface area contributed by atoms with Gasteiger partial charge in [-0.3, -0.25) is 0 Å². The van der Waals surface area contributed by atoms with Crippen LogP contribution in [0.15, 0.2) is 0 Å². The summed E-state index contributed by atoms with van der Waals surface area (Å²) in [5, 5.41) is 0. The van der Waals surface area contributed by atoms with E-state index < -0.39 is 180 Å². The monoisotopic (exact) mass is 1160 g/mol. The second kappa shape index (κ2) is 18.9. The van der Waals surface area contributed by atoms with Gasteiger partial charge in [-0.15, -0.1) is 0 Å². The van der Waals surface area contributed by atoms with Crippen LogP contribution < -0.4 is 0 Å². The molecule has 0 atom stereocenters. The van der Waals surface area contributed by atoms with E-state index in [1.54, 1.807) is 0 Å². The molecule has 0 aliphatic heterocycles. The second-order valence-electron chi connectivity index (χ2n) is 12.7. The molecule has 0 radical (unpaired) electrons. The van der Waals surface area contributed by atoms with Crippen molar-refractivity contribution in [1.29, 1.82) is 0 Å². The van der Waals surface area contributed by atoms with Gasteiger partial charge in [-0.25, -0.2) is 0 Å². The molecule has 33 heteroatoms. The van der Waals surface area contributed by atoms with Gasteiger partial charge in [0.15, 0.2) is 0 Å². The number of alkyl halides is 28. The molecule has 0 aromatic carbocycles. The number of hydrogen-bond acceptors (Lipinski definition) is 3. The van der Waals surface area contributed by atoms with E-state index in [0.717, 1.165) is 13.8 Å². The van der Waals surface area contributed by atoms with Gasteiger partial charge in [0.2, 0.25) is 0 Å². The Bertz CT molecular complexity index is 1140. The van der Waals surface area contributed by atoms with Crippen molar-refractivity contribution in [1.82, 2.24) is 0 Å². The summed E-state index contributed by atoms with van der Waals surface area (Å²) >= 11 is -24.3. The molecule has 3 nitrogen and oxygen atoms in total. The first-order valence-corrected chi connectivity index (χ1v) is 26.3. The Morgan fingerprint density at radius 1 is 0.305 bits per heavy atom. The summed E-state index contributed by atoms with van der Waals surface area (Å²) in [4.78, 5) is 0. The second-order valence-corrected chi connectivity index (χ2v) is 33.1. The van der Waals surface area contributed by atoms with Crippen molar-refractivity contribution in [3.05, 3.63) is 0 Å². The molecule has 0 aromatic heterocycles. The molecule has 0 N–H and O–H groups in total. The van der Waals surface area contributed by atoms with Crippen molar-refractivity contribution in [3.8, 4) is 0 Å². The first-order chi connectivity index (χ1) is 25.7. The maximum atomic E-state index is 16.2. The minimum absolute atomic E-state index is 0.443. The molecule has 0 unspecified atom stereocenters. The zero-order valence-corrected chi connectivity index (χ0v) is 35.0. The fourth-order valence-corrected chi connectivity index (χ4v) is 40.9. The molecule has 0 aliphatic carbocycles. The number of unbranched alkanes of at least 4 members (excludes halogenated alkanes) is 4. The van der Waals surface area contributed by atoms with E-state index in [9.17, 15) is 52.7 Å². The van der Waals surface area contributed by atoms with E-state index in [2.05, 4.69) is 7.56 Å². The predicted octanol–water partition coefficient (Wildman–Crippen LogP) is 13.3. The molecule has 0 saturated heterocycles. The SMILES string of the molecule is CCCCC[O][Sn]([O][Sn]([O]CCCCC)([C](F)(F)C(F)(F)CC(F)(F)F)[C](F)(F)C(F)(F)CC(F)(F)F)([C](F)(F)C(F)(F)CC(F)(F)F)[C](F)(F)C(F)(F)CC(F)(F)F. The van der Waals surface area contributed by atoms with Gasteiger partial charge in [0.05, 0.1) is 0 Å². The Morgan fingerprint density at radius 2 is 0.492 bits per heavy atom. The van der Waals surface area contributed by atoms with E-state index in [4.69, 9.17) is 0 Å². The molecule has 0 heterocycles. The summed E-state index contributed by atoms with van der Waals surface area (Å²) in [6.45, 7) is -3.31. The van der Waals surface area contributed by atoms with Crippen molar-refractivity contribution >= 4 is 38.4 Å². The average molecular weight is 1160 g/mol. The molecule has 0 aromatic rings. The van der Waals surface area contributed by atoms with Crippen LogP contribution >= 0.6 is 0 Å². The summed E-state index contributed by atoms with van der Waals surface area (Å²) in [6.07, 6.45) is -52.5. The van der Waals surface area contributed by atoms with E-state index in [1.807, 2.05) is 0 Å². The molecule has 356 valence electrons. The summed E-state index contributed by atoms with van der Waals surface area (Å²) in [7, 11) is 0. The first kappa shape index (κ1) is 58.5. The minimum atomic E-state index is -12.1. The van der Waals surface area contributed by atoms with Crippen LogP contribution in [-0.2, 0) is 7.56 Å². The van der Waals surface area contributed by atoms with Gasteiger partial charge in [0, 0.05) is 0 Å². The maximum absolute atomic E-state index is 16.2. The normalized spacial score (nSPS) is 16.0. The molecule has 0 fully saturated rings. The van der Waals surface area contributed by atoms with E-state index in [1.165, 1.54) is 0 Å². The topological polar surface area (TPSA) is 27.7 Å². The van der Waals surface area contributed by atoms with Crippen molar-refractivity contribution in [2.75, 3.05) is 13.2 Å². The Morgan fingerprint density at radius 3 is 0.644 bits per heavy atom. The number of hydrogen-bond donors (Lipinski definition) is 0. The third kappa shape index (κ3) is 13.3. The molecule has 0 spiro atoms. The fraction of sp³-hybridized carbons (Fsp3) is 1.00. The molecule has 0 bridgehead atoms. The molecule has 0 rings (SSSR count). The standard InChI is InChI=1S/2C5H11O.4C4H2F7.O.2Sn/c2*1-2-3-4-5-6;4*5-2(6)3(7,8)1-4(9,10)11;;;/h2*2-5H2,1H3;4*1H2;;;/q2*-1;;;;;;2*+1. The van der Waals surface area contributed by atoms with Crippen LogP contribution in [0.2, 0.25) is 0 Å². The zero-order valence-electron chi connectivity index (χ0n) is 29.3. The van der Waals surface area contributed by atoms with Crippen molar-refractivity contribution < 1.29 is 130 Å². The third-order valence-corrected chi connectivity index (χ3v) is 37.3. The van der Waals surface area contributed by atoms with Gasteiger partial charge in [-0.05, 0) is 0 Å². The Kier molecular flexibility index (Phi) is 18.8. The van der Waals surface area contributed by atoms with Crippen LogP contribution in [0.25, 0.3) is 0 Å². The van der Waals surface area contributed by atoms with Crippen LogP contribution in [0.3, 0.4) is 0 Å². The average Bonchev–Trinajstić information content (AvgIpc) is 2.94. The van der Waals surface area contributed by atoms with Gasteiger partial charge < -0.3 is 0 Å². The van der Waals surface area contributed by atoms with Gasteiger partial charge >= 0.3 is 324 Å². The Balaban J connectivity index is 9.70. The number of halogens is 28. The quantitative estimate of drug-likeness (QED) is 0.0548.